The highest BCUT2D eigenvalue weighted by Gasteiger charge is 2.15. The van der Waals surface area contributed by atoms with Crippen molar-refractivity contribution in [2.75, 3.05) is 5.43 Å². The van der Waals surface area contributed by atoms with Gasteiger partial charge in [0.25, 0.3) is 11.4 Å². The molecule has 42 heavy (non-hydrogen) atoms. The zero-order chi connectivity index (χ0) is 29.6. The number of nitro groups is 2. The predicted molar refractivity (Wildman–Crippen MR) is 161 cm³/mol. The Labute approximate surface area is 244 Å². The highest BCUT2D eigenvalue weighted by atomic mass is 32.1. The first kappa shape index (κ1) is 28.4. The maximum atomic E-state index is 11.0. The maximum Gasteiger partial charge on any atom is 0.269 e. The van der Waals surface area contributed by atoms with Crippen LogP contribution in [-0.4, -0.2) is 19.9 Å². The van der Waals surface area contributed by atoms with E-state index in [-0.39, 0.29) is 22.7 Å². The first-order chi connectivity index (χ1) is 20.3. The number of hydrogen-bond acceptors (Lipinski definition) is 10. The zero-order valence-electron chi connectivity index (χ0n) is 22.6. The van der Waals surface area contributed by atoms with Crippen LogP contribution in [0.25, 0.3) is 32.8 Å². The van der Waals surface area contributed by atoms with Crippen molar-refractivity contribution in [1.29, 1.82) is 0 Å². The van der Waals surface area contributed by atoms with Crippen LogP contribution in [0.15, 0.2) is 81.6 Å². The summed E-state index contributed by atoms with van der Waals surface area (Å²) in [6.45, 7) is 2.15. The molecular formula is C30H27N5O6S. The number of fused-ring (bicyclic) bond motifs is 1. The first-order valence-corrected chi connectivity index (χ1v) is 14.2. The van der Waals surface area contributed by atoms with E-state index in [2.05, 4.69) is 17.5 Å². The molecule has 0 unspecified atom stereocenters. The number of rotatable bonds is 11. The average Bonchev–Trinajstić information content (AvgIpc) is 3.48. The van der Waals surface area contributed by atoms with Crippen LogP contribution in [0.3, 0.4) is 0 Å². The lowest BCUT2D eigenvalue weighted by Crippen LogP contribution is -2.09. The van der Waals surface area contributed by atoms with E-state index < -0.39 is 9.85 Å². The number of benzene rings is 3. The quantitative estimate of drug-likeness (QED) is 0.0903. The summed E-state index contributed by atoms with van der Waals surface area (Å²) in [4.78, 5) is 25.9. The van der Waals surface area contributed by atoms with Crippen LogP contribution in [0.2, 0.25) is 0 Å². The molecule has 0 fully saturated rings. The topological polar surface area (TPSA) is 157 Å². The Morgan fingerprint density at radius 1 is 0.952 bits per heavy atom. The molecule has 0 saturated carbocycles. The molecule has 5 rings (SSSR count). The Morgan fingerprint density at radius 2 is 1.64 bits per heavy atom. The number of unbranched alkanes of at least 4 members (excludes halogenated alkanes) is 3. The standard InChI is InChI=1S/C30H27N5O6S/c1-2-3-4-5-6-20-15-21-16-25(30-31-26(18-42-30)19-7-11-23(12-8-19)34(37)38)29(41-28(21)17-27(20)36)33-32-22-9-13-24(14-10-22)35(39)40/h7-18,32,36H,2-6H2,1H3/b33-29-. The second kappa shape index (κ2) is 12.6. The molecule has 0 aliphatic heterocycles. The van der Waals surface area contributed by atoms with Crippen LogP contribution in [-0.2, 0) is 6.42 Å². The summed E-state index contributed by atoms with van der Waals surface area (Å²) in [6.07, 6.45) is 5.06. The van der Waals surface area contributed by atoms with E-state index in [4.69, 9.17) is 9.40 Å². The van der Waals surface area contributed by atoms with Crippen molar-refractivity contribution in [3.8, 4) is 27.6 Å². The van der Waals surface area contributed by atoms with E-state index >= 15 is 0 Å². The average molecular weight is 586 g/mol. The van der Waals surface area contributed by atoms with Gasteiger partial charge in [-0.2, -0.15) is 0 Å². The second-order valence-electron chi connectivity index (χ2n) is 9.66. The minimum atomic E-state index is -0.479. The van der Waals surface area contributed by atoms with Crippen LogP contribution in [0, 0.1) is 20.2 Å². The van der Waals surface area contributed by atoms with E-state index in [1.807, 2.05) is 17.5 Å². The Morgan fingerprint density at radius 3 is 2.31 bits per heavy atom. The number of aryl methyl sites for hydroxylation is 1. The molecule has 2 heterocycles. The highest BCUT2D eigenvalue weighted by molar-refractivity contribution is 7.13. The van der Waals surface area contributed by atoms with Gasteiger partial charge in [0.05, 0.1) is 26.8 Å². The molecule has 5 aromatic rings. The molecule has 3 aromatic carbocycles. The van der Waals surface area contributed by atoms with Crippen molar-refractivity contribution < 1.29 is 19.4 Å². The van der Waals surface area contributed by atoms with Gasteiger partial charge in [-0.3, -0.25) is 25.7 Å². The van der Waals surface area contributed by atoms with Crippen molar-refractivity contribution in [2.24, 2.45) is 5.10 Å². The van der Waals surface area contributed by atoms with Gasteiger partial charge in [-0.15, -0.1) is 16.4 Å². The first-order valence-electron chi connectivity index (χ1n) is 13.4. The number of aromatic nitrogens is 1. The number of phenolic OH excluding ortho intramolecular Hbond substituents is 1. The minimum absolute atomic E-state index is 0.00492. The molecule has 0 aliphatic rings. The number of nitrogens with zero attached hydrogens (tertiary/aromatic N) is 4. The van der Waals surface area contributed by atoms with E-state index in [9.17, 15) is 25.3 Å². The second-order valence-corrected chi connectivity index (χ2v) is 10.5. The SMILES string of the molecule is CCCCCCc1cc2cc(-c3nc(-c4ccc([N+](=O)[O-])cc4)cs3)/c(=N/Nc3ccc([N+](=O)[O-])cc3)oc2cc1O. The molecule has 0 bridgehead atoms. The molecule has 0 spiro atoms. The van der Waals surface area contributed by atoms with Crippen molar-refractivity contribution >= 4 is 39.4 Å². The highest BCUT2D eigenvalue weighted by Crippen LogP contribution is 2.32. The Hall–Kier alpha value is -5.10. The third-order valence-corrected chi connectivity index (χ3v) is 7.60. The van der Waals surface area contributed by atoms with Gasteiger partial charge in [-0.25, -0.2) is 4.98 Å². The molecule has 11 nitrogen and oxygen atoms in total. The Balaban J connectivity index is 1.55. The third kappa shape index (κ3) is 6.44. The van der Waals surface area contributed by atoms with Gasteiger partial charge in [0.1, 0.15) is 16.3 Å². The molecule has 0 aliphatic carbocycles. The summed E-state index contributed by atoms with van der Waals surface area (Å²) in [6, 6.07) is 17.4. The fourth-order valence-corrected chi connectivity index (χ4v) is 5.28. The fourth-order valence-electron chi connectivity index (χ4n) is 4.45. The number of nitro benzene ring substituents is 2. The van der Waals surface area contributed by atoms with Crippen molar-refractivity contribution in [1.82, 2.24) is 4.98 Å². The van der Waals surface area contributed by atoms with Crippen LogP contribution in [0.5, 0.6) is 5.75 Å². The van der Waals surface area contributed by atoms with Gasteiger partial charge in [0.15, 0.2) is 0 Å². The monoisotopic (exact) mass is 585 g/mol. The molecular weight excluding hydrogens is 558 g/mol. The van der Waals surface area contributed by atoms with Gasteiger partial charge in [-0.1, -0.05) is 26.2 Å². The van der Waals surface area contributed by atoms with Crippen LogP contribution in [0.4, 0.5) is 17.1 Å². The summed E-state index contributed by atoms with van der Waals surface area (Å²) >= 11 is 1.37. The molecule has 12 heteroatoms. The zero-order valence-corrected chi connectivity index (χ0v) is 23.5. The van der Waals surface area contributed by atoms with Gasteiger partial charge in [0.2, 0.25) is 5.55 Å². The van der Waals surface area contributed by atoms with Crippen LogP contribution < -0.4 is 11.0 Å². The lowest BCUT2D eigenvalue weighted by molar-refractivity contribution is -0.385. The van der Waals surface area contributed by atoms with Gasteiger partial charge < -0.3 is 9.52 Å². The lowest BCUT2D eigenvalue weighted by atomic mass is 10.0. The molecule has 0 atom stereocenters. The lowest BCUT2D eigenvalue weighted by Gasteiger charge is -2.08. The molecule has 0 saturated heterocycles. The number of nitrogens with one attached hydrogen (secondary N) is 1. The van der Waals surface area contributed by atoms with Gasteiger partial charge in [-0.05, 0) is 54.8 Å². The van der Waals surface area contributed by atoms with Crippen LogP contribution >= 0.6 is 11.3 Å². The number of aromatic hydroxyl groups is 1. The van der Waals surface area contributed by atoms with Gasteiger partial charge in [0, 0.05) is 46.7 Å². The van der Waals surface area contributed by atoms with E-state index in [0.29, 0.717) is 27.5 Å². The molecule has 2 aromatic heterocycles. The van der Waals surface area contributed by atoms with Crippen molar-refractivity contribution in [3.63, 3.8) is 0 Å². The summed E-state index contributed by atoms with van der Waals surface area (Å²) in [5.74, 6) is 0.152. The van der Waals surface area contributed by atoms with E-state index in [1.165, 1.54) is 47.7 Å². The van der Waals surface area contributed by atoms with Crippen molar-refractivity contribution in [3.05, 3.63) is 103 Å². The number of hydrogen-bond donors (Lipinski definition) is 2. The Bertz CT molecular complexity index is 1810. The van der Waals surface area contributed by atoms with E-state index in [0.717, 1.165) is 48.6 Å². The summed E-state index contributed by atoms with van der Waals surface area (Å²) in [5, 5.41) is 40.4. The number of non-ortho nitro benzene ring substituents is 2. The third-order valence-electron chi connectivity index (χ3n) is 6.72. The predicted octanol–water partition coefficient (Wildman–Crippen LogP) is 7.80. The maximum absolute atomic E-state index is 11.0. The van der Waals surface area contributed by atoms with Gasteiger partial charge >= 0.3 is 0 Å². The van der Waals surface area contributed by atoms with E-state index in [1.54, 1.807) is 18.2 Å². The smallest absolute Gasteiger partial charge is 0.269 e. The number of thiazole rings is 1. The summed E-state index contributed by atoms with van der Waals surface area (Å²) in [5.41, 5.74) is 6.77. The normalized spacial score (nSPS) is 11.6. The number of anilines is 1. The Kier molecular flexibility index (Phi) is 8.53. The molecule has 0 amide bonds. The van der Waals surface area contributed by atoms with Crippen LogP contribution in [0.1, 0.15) is 38.2 Å². The molecule has 2 N–H and O–H groups in total. The fraction of sp³-hybridized carbons (Fsp3) is 0.200. The summed E-state index contributed by atoms with van der Waals surface area (Å²) < 4.78 is 6.16. The largest absolute Gasteiger partial charge is 0.508 e. The summed E-state index contributed by atoms with van der Waals surface area (Å²) in [7, 11) is 0. The van der Waals surface area contributed by atoms with Crippen molar-refractivity contribution in [2.45, 2.75) is 39.0 Å². The molecule has 0 radical (unpaired) electrons. The number of phenols is 1. The minimum Gasteiger partial charge on any atom is -0.508 e. The molecule has 214 valence electrons.